The molecule has 0 saturated heterocycles. The lowest BCUT2D eigenvalue weighted by Crippen LogP contribution is -2.21. The molecule has 0 unspecified atom stereocenters. The first-order valence-electron chi connectivity index (χ1n) is 3.14. The van der Waals surface area contributed by atoms with Gasteiger partial charge < -0.3 is 0 Å². The van der Waals surface area contributed by atoms with Crippen molar-refractivity contribution in [2.75, 3.05) is 4.72 Å². The van der Waals surface area contributed by atoms with Gasteiger partial charge in [0.25, 0.3) is 10.2 Å². The summed E-state index contributed by atoms with van der Waals surface area (Å²) in [6.45, 7) is 0. The number of benzene rings is 1. The van der Waals surface area contributed by atoms with Crippen molar-refractivity contribution in [2.45, 2.75) is 0 Å². The standard InChI is InChI=1S/C6H6BrClN2O2S/c7-4-1-2-5(8)6(3-4)10-13(9,11)12/h1-3,10H,(H2,9,11,12). The highest BCUT2D eigenvalue weighted by atomic mass is 79.9. The van der Waals surface area contributed by atoms with Gasteiger partial charge in [-0.15, -0.1) is 0 Å². The van der Waals surface area contributed by atoms with E-state index in [2.05, 4.69) is 20.7 Å². The Morgan fingerprint density at radius 3 is 2.62 bits per heavy atom. The predicted molar refractivity (Wildman–Crippen MR) is 55.9 cm³/mol. The maximum Gasteiger partial charge on any atom is 0.296 e. The third kappa shape index (κ3) is 3.51. The van der Waals surface area contributed by atoms with Crippen molar-refractivity contribution in [3.63, 3.8) is 0 Å². The molecular weight excluding hydrogens is 280 g/mol. The van der Waals surface area contributed by atoms with Crippen molar-refractivity contribution >= 4 is 43.4 Å². The quantitative estimate of drug-likeness (QED) is 0.868. The monoisotopic (exact) mass is 284 g/mol. The Balaban J connectivity index is 3.08. The van der Waals surface area contributed by atoms with Crippen molar-refractivity contribution in [1.82, 2.24) is 0 Å². The first-order chi connectivity index (χ1) is 5.88. The Bertz CT molecular complexity index is 421. The zero-order chi connectivity index (χ0) is 10.1. The van der Waals surface area contributed by atoms with Crippen LogP contribution in [-0.2, 0) is 10.2 Å². The fraction of sp³-hybridized carbons (Fsp3) is 0. The average Bonchev–Trinajstić information content (AvgIpc) is 1.94. The van der Waals surface area contributed by atoms with Gasteiger partial charge in [-0.1, -0.05) is 27.5 Å². The second-order valence-electron chi connectivity index (χ2n) is 2.27. The summed E-state index contributed by atoms with van der Waals surface area (Å²) in [7, 11) is -3.77. The molecule has 13 heavy (non-hydrogen) atoms. The van der Waals surface area contributed by atoms with Gasteiger partial charge in [-0.2, -0.15) is 8.42 Å². The average molecular weight is 286 g/mol. The second-order valence-corrected chi connectivity index (χ2v) is 4.89. The molecule has 0 aliphatic heterocycles. The molecular formula is C6H6BrClN2O2S. The molecule has 3 N–H and O–H groups in total. The van der Waals surface area contributed by atoms with Gasteiger partial charge in [0.15, 0.2) is 0 Å². The Kier molecular flexibility index (Phi) is 3.18. The summed E-state index contributed by atoms with van der Waals surface area (Å²) in [5.74, 6) is 0. The number of anilines is 1. The molecule has 4 nitrogen and oxygen atoms in total. The highest BCUT2D eigenvalue weighted by molar-refractivity contribution is 9.10. The summed E-state index contributed by atoms with van der Waals surface area (Å²) in [5.41, 5.74) is 0.249. The van der Waals surface area contributed by atoms with Crippen LogP contribution in [0.15, 0.2) is 22.7 Å². The zero-order valence-electron chi connectivity index (χ0n) is 6.29. The molecule has 0 amide bonds. The summed E-state index contributed by atoms with van der Waals surface area (Å²) >= 11 is 8.87. The number of halogens is 2. The van der Waals surface area contributed by atoms with E-state index in [-0.39, 0.29) is 10.7 Å². The molecule has 1 aromatic carbocycles. The molecule has 0 aliphatic rings. The van der Waals surface area contributed by atoms with Gasteiger partial charge in [0.1, 0.15) is 0 Å². The van der Waals surface area contributed by atoms with Gasteiger partial charge in [0.2, 0.25) is 0 Å². The number of hydrogen-bond donors (Lipinski definition) is 2. The minimum Gasteiger partial charge on any atom is -0.270 e. The van der Waals surface area contributed by atoms with Gasteiger partial charge in [0, 0.05) is 4.47 Å². The highest BCUT2D eigenvalue weighted by Crippen LogP contribution is 2.25. The van der Waals surface area contributed by atoms with Crippen molar-refractivity contribution in [3.8, 4) is 0 Å². The fourth-order valence-corrected chi connectivity index (χ4v) is 1.79. The Morgan fingerprint density at radius 1 is 1.46 bits per heavy atom. The predicted octanol–water partition coefficient (Wildman–Crippen LogP) is 1.72. The van der Waals surface area contributed by atoms with Gasteiger partial charge in [-0.25, -0.2) is 5.14 Å². The molecule has 1 rings (SSSR count). The van der Waals surface area contributed by atoms with Gasteiger partial charge in [0.05, 0.1) is 10.7 Å². The van der Waals surface area contributed by atoms with Crippen molar-refractivity contribution in [3.05, 3.63) is 27.7 Å². The third-order valence-electron chi connectivity index (χ3n) is 1.18. The zero-order valence-corrected chi connectivity index (χ0v) is 9.45. The summed E-state index contributed by atoms with van der Waals surface area (Å²) < 4.78 is 24.1. The molecule has 72 valence electrons. The smallest absolute Gasteiger partial charge is 0.270 e. The van der Waals surface area contributed by atoms with Crippen LogP contribution in [-0.4, -0.2) is 8.42 Å². The molecule has 0 aromatic heterocycles. The van der Waals surface area contributed by atoms with Crippen LogP contribution in [0.5, 0.6) is 0 Å². The summed E-state index contributed by atoms with van der Waals surface area (Å²) in [4.78, 5) is 0. The fourth-order valence-electron chi connectivity index (χ4n) is 0.729. The molecule has 0 heterocycles. The second kappa shape index (κ2) is 3.83. The van der Waals surface area contributed by atoms with Crippen LogP contribution < -0.4 is 9.86 Å². The largest absolute Gasteiger partial charge is 0.296 e. The van der Waals surface area contributed by atoms with Crippen LogP contribution in [0, 0.1) is 0 Å². The van der Waals surface area contributed by atoms with Crippen LogP contribution in [0.2, 0.25) is 5.02 Å². The van der Waals surface area contributed by atoms with Crippen LogP contribution in [0.1, 0.15) is 0 Å². The topological polar surface area (TPSA) is 72.2 Å². The molecule has 0 aliphatic carbocycles. The lowest BCUT2D eigenvalue weighted by molar-refractivity contribution is 0.603. The Labute approximate surface area is 89.4 Å². The van der Waals surface area contributed by atoms with Gasteiger partial charge >= 0.3 is 0 Å². The molecule has 0 saturated carbocycles. The van der Waals surface area contributed by atoms with Crippen LogP contribution in [0.25, 0.3) is 0 Å². The maximum absolute atomic E-state index is 10.7. The normalized spacial score (nSPS) is 11.3. The van der Waals surface area contributed by atoms with Crippen molar-refractivity contribution < 1.29 is 8.42 Å². The van der Waals surface area contributed by atoms with E-state index in [1.807, 2.05) is 0 Å². The number of rotatable bonds is 2. The number of nitrogens with one attached hydrogen (secondary N) is 1. The van der Waals surface area contributed by atoms with E-state index in [0.717, 1.165) is 0 Å². The summed E-state index contributed by atoms with van der Waals surface area (Å²) in [6, 6.07) is 4.77. The third-order valence-corrected chi connectivity index (χ3v) is 2.51. The molecule has 0 spiro atoms. The van der Waals surface area contributed by atoms with Crippen LogP contribution in [0.4, 0.5) is 5.69 Å². The van der Waals surface area contributed by atoms with Crippen molar-refractivity contribution in [1.29, 1.82) is 0 Å². The molecule has 7 heteroatoms. The van der Waals surface area contributed by atoms with Crippen molar-refractivity contribution in [2.24, 2.45) is 5.14 Å². The SMILES string of the molecule is NS(=O)(=O)Nc1cc(Br)ccc1Cl. The number of nitrogens with two attached hydrogens (primary N) is 1. The van der Waals surface area contributed by atoms with E-state index in [9.17, 15) is 8.42 Å². The molecule has 0 radical (unpaired) electrons. The van der Waals surface area contributed by atoms with E-state index in [4.69, 9.17) is 16.7 Å². The van der Waals surface area contributed by atoms with Gasteiger partial charge in [-0.3, -0.25) is 4.72 Å². The van der Waals surface area contributed by atoms with Crippen LogP contribution in [0.3, 0.4) is 0 Å². The summed E-state index contributed by atoms with van der Waals surface area (Å²) in [6.07, 6.45) is 0. The summed E-state index contributed by atoms with van der Waals surface area (Å²) in [5, 5.41) is 5.06. The van der Waals surface area contributed by atoms with E-state index < -0.39 is 10.2 Å². The number of hydrogen-bond acceptors (Lipinski definition) is 2. The Morgan fingerprint density at radius 2 is 2.08 bits per heavy atom. The first kappa shape index (κ1) is 10.8. The Hall–Kier alpha value is -0.300. The maximum atomic E-state index is 10.7. The minimum absolute atomic E-state index is 0.249. The van der Waals surface area contributed by atoms with E-state index in [0.29, 0.717) is 4.47 Å². The van der Waals surface area contributed by atoms with Crippen LogP contribution >= 0.6 is 27.5 Å². The van der Waals surface area contributed by atoms with E-state index in [1.165, 1.54) is 6.07 Å². The first-order valence-corrected chi connectivity index (χ1v) is 5.86. The van der Waals surface area contributed by atoms with Gasteiger partial charge in [-0.05, 0) is 18.2 Å². The van der Waals surface area contributed by atoms with E-state index >= 15 is 0 Å². The molecule has 1 aromatic rings. The minimum atomic E-state index is -3.77. The molecule has 0 fully saturated rings. The van der Waals surface area contributed by atoms with E-state index in [1.54, 1.807) is 12.1 Å². The molecule has 0 bridgehead atoms. The molecule has 0 atom stereocenters. The highest BCUT2D eigenvalue weighted by Gasteiger charge is 2.06. The lowest BCUT2D eigenvalue weighted by atomic mass is 10.3. The lowest BCUT2D eigenvalue weighted by Gasteiger charge is -2.05.